The van der Waals surface area contributed by atoms with Crippen LogP contribution in [0.25, 0.3) is 0 Å². The van der Waals surface area contributed by atoms with Crippen LogP contribution in [0.2, 0.25) is 0 Å². The van der Waals surface area contributed by atoms with Crippen molar-refractivity contribution in [3.8, 4) is 5.75 Å². The lowest BCUT2D eigenvalue weighted by molar-refractivity contribution is 0.218. The zero-order chi connectivity index (χ0) is 12.3. The molecular weight excluding hydrogens is 226 g/mol. The molecule has 1 rings (SSSR count). The Morgan fingerprint density at radius 3 is 2.50 bits per heavy atom. The van der Waals surface area contributed by atoms with Gasteiger partial charge in [-0.3, -0.25) is 0 Å². The second-order valence-corrected chi connectivity index (χ2v) is 5.82. The fourth-order valence-corrected chi connectivity index (χ4v) is 1.82. The average molecular weight is 243 g/mol. The minimum atomic E-state index is -3.21. The lowest BCUT2D eigenvalue weighted by Gasteiger charge is -2.14. The van der Waals surface area contributed by atoms with E-state index in [0.29, 0.717) is 11.4 Å². The highest BCUT2D eigenvalue weighted by atomic mass is 32.2. The molecule has 0 spiro atoms. The molecule has 1 aromatic rings. The van der Waals surface area contributed by atoms with Gasteiger partial charge in [-0.05, 0) is 31.5 Å². The van der Waals surface area contributed by atoms with Crippen LogP contribution in [0.15, 0.2) is 23.1 Å². The molecule has 1 aromatic carbocycles. The Bertz CT molecular complexity index is 468. The number of hydrogen-bond donors (Lipinski definition) is 1. The van der Waals surface area contributed by atoms with Crippen LogP contribution in [0.1, 0.15) is 20.3 Å². The van der Waals surface area contributed by atoms with Crippen LogP contribution < -0.4 is 10.5 Å². The van der Waals surface area contributed by atoms with Gasteiger partial charge in [0, 0.05) is 6.26 Å². The molecule has 0 saturated carbocycles. The van der Waals surface area contributed by atoms with E-state index in [-0.39, 0.29) is 11.0 Å². The molecule has 1 unspecified atom stereocenters. The highest BCUT2D eigenvalue weighted by molar-refractivity contribution is 7.90. The van der Waals surface area contributed by atoms with Gasteiger partial charge < -0.3 is 10.5 Å². The predicted molar refractivity (Wildman–Crippen MR) is 64.3 cm³/mol. The summed E-state index contributed by atoms with van der Waals surface area (Å²) in [5.74, 6) is 0.529. The Morgan fingerprint density at radius 1 is 1.44 bits per heavy atom. The molecule has 16 heavy (non-hydrogen) atoms. The number of rotatable bonds is 4. The largest absolute Gasteiger partial charge is 0.489 e. The second kappa shape index (κ2) is 4.74. The normalized spacial score (nSPS) is 13.4. The average Bonchev–Trinajstić information content (AvgIpc) is 2.19. The molecule has 0 saturated heterocycles. The molecule has 0 aromatic heterocycles. The molecular formula is C11H17NO3S. The quantitative estimate of drug-likeness (QED) is 0.819. The van der Waals surface area contributed by atoms with Gasteiger partial charge in [0.1, 0.15) is 5.75 Å². The molecule has 0 radical (unpaired) electrons. The first-order valence-corrected chi connectivity index (χ1v) is 7.00. The first-order chi connectivity index (χ1) is 7.34. The van der Waals surface area contributed by atoms with Gasteiger partial charge in [-0.15, -0.1) is 0 Å². The molecule has 2 N–H and O–H groups in total. The zero-order valence-electron chi connectivity index (χ0n) is 9.73. The molecule has 5 heteroatoms. The van der Waals surface area contributed by atoms with E-state index in [9.17, 15) is 8.42 Å². The van der Waals surface area contributed by atoms with Crippen LogP contribution >= 0.6 is 0 Å². The summed E-state index contributed by atoms with van der Waals surface area (Å²) in [7, 11) is -3.21. The molecule has 1 atom stereocenters. The Labute approximate surface area is 96.3 Å². The molecule has 0 aliphatic carbocycles. The maximum Gasteiger partial charge on any atom is 0.175 e. The van der Waals surface area contributed by atoms with Gasteiger partial charge in [0.2, 0.25) is 0 Å². The first kappa shape index (κ1) is 12.8. The van der Waals surface area contributed by atoms with Crippen molar-refractivity contribution in [3.05, 3.63) is 18.2 Å². The summed E-state index contributed by atoms with van der Waals surface area (Å²) in [6.45, 7) is 3.94. The van der Waals surface area contributed by atoms with Crippen molar-refractivity contribution < 1.29 is 13.2 Å². The standard InChI is InChI=1S/C11H17NO3S/c1-4-8(2)15-11-6-5-9(7-10(11)12)16(3,13)14/h5-8H,4,12H2,1-3H3. The van der Waals surface area contributed by atoms with E-state index in [1.165, 1.54) is 12.1 Å². The van der Waals surface area contributed by atoms with Crippen molar-refractivity contribution in [2.24, 2.45) is 0 Å². The molecule has 4 nitrogen and oxygen atoms in total. The van der Waals surface area contributed by atoms with Crippen LogP contribution in [0.3, 0.4) is 0 Å². The van der Waals surface area contributed by atoms with Gasteiger partial charge >= 0.3 is 0 Å². The zero-order valence-corrected chi connectivity index (χ0v) is 10.5. The third-order valence-corrected chi connectivity index (χ3v) is 3.42. The van der Waals surface area contributed by atoms with Crippen molar-refractivity contribution in [1.82, 2.24) is 0 Å². The van der Waals surface area contributed by atoms with Crippen molar-refractivity contribution in [2.45, 2.75) is 31.3 Å². The lowest BCUT2D eigenvalue weighted by Crippen LogP contribution is -2.11. The summed E-state index contributed by atoms with van der Waals surface area (Å²) in [5.41, 5.74) is 6.08. The van der Waals surface area contributed by atoms with Crippen LogP contribution in [-0.4, -0.2) is 20.8 Å². The van der Waals surface area contributed by atoms with Gasteiger partial charge in [-0.1, -0.05) is 6.92 Å². The molecule has 0 amide bonds. The Kier molecular flexibility index (Phi) is 3.80. The molecule has 90 valence electrons. The van der Waals surface area contributed by atoms with Gasteiger partial charge in [0.15, 0.2) is 9.84 Å². The summed E-state index contributed by atoms with van der Waals surface area (Å²) in [6, 6.07) is 4.52. The molecule has 0 bridgehead atoms. The van der Waals surface area contributed by atoms with Crippen LogP contribution in [0.5, 0.6) is 5.75 Å². The fraction of sp³-hybridized carbons (Fsp3) is 0.455. The van der Waals surface area contributed by atoms with E-state index in [1.807, 2.05) is 13.8 Å². The van der Waals surface area contributed by atoms with Crippen LogP contribution in [-0.2, 0) is 9.84 Å². The number of ether oxygens (including phenoxy) is 1. The van der Waals surface area contributed by atoms with E-state index in [2.05, 4.69) is 0 Å². The number of anilines is 1. The SMILES string of the molecule is CCC(C)Oc1ccc(S(C)(=O)=O)cc1N. The van der Waals surface area contributed by atoms with Gasteiger partial charge in [0.05, 0.1) is 16.7 Å². The van der Waals surface area contributed by atoms with Gasteiger partial charge in [0.25, 0.3) is 0 Å². The van der Waals surface area contributed by atoms with E-state index in [0.717, 1.165) is 12.7 Å². The second-order valence-electron chi connectivity index (χ2n) is 3.81. The monoisotopic (exact) mass is 243 g/mol. The first-order valence-electron chi connectivity index (χ1n) is 5.10. The van der Waals surface area contributed by atoms with Crippen LogP contribution in [0, 0.1) is 0 Å². The smallest absolute Gasteiger partial charge is 0.175 e. The van der Waals surface area contributed by atoms with Crippen molar-refractivity contribution in [3.63, 3.8) is 0 Å². The van der Waals surface area contributed by atoms with E-state index in [4.69, 9.17) is 10.5 Å². The number of nitrogens with two attached hydrogens (primary N) is 1. The third kappa shape index (κ3) is 3.13. The minimum absolute atomic E-state index is 0.0615. The summed E-state index contributed by atoms with van der Waals surface area (Å²) < 4.78 is 28.1. The van der Waals surface area contributed by atoms with E-state index >= 15 is 0 Å². The highest BCUT2D eigenvalue weighted by Gasteiger charge is 2.11. The van der Waals surface area contributed by atoms with Crippen molar-refractivity contribution in [1.29, 1.82) is 0 Å². The van der Waals surface area contributed by atoms with Gasteiger partial charge in [-0.2, -0.15) is 0 Å². The summed E-state index contributed by atoms with van der Waals surface area (Å²) in [5, 5.41) is 0. The Balaban J connectivity index is 3.01. The summed E-state index contributed by atoms with van der Waals surface area (Å²) >= 11 is 0. The van der Waals surface area contributed by atoms with Crippen molar-refractivity contribution >= 4 is 15.5 Å². The summed E-state index contributed by atoms with van der Waals surface area (Å²) in [6.07, 6.45) is 2.08. The number of hydrogen-bond acceptors (Lipinski definition) is 4. The highest BCUT2D eigenvalue weighted by Crippen LogP contribution is 2.26. The summed E-state index contributed by atoms with van der Waals surface area (Å²) in [4.78, 5) is 0.210. The van der Waals surface area contributed by atoms with Crippen molar-refractivity contribution in [2.75, 3.05) is 12.0 Å². The maximum atomic E-state index is 11.3. The number of sulfone groups is 1. The predicted octanol–water partition coefficient (Wildman–Crippen LogP) is 1.85. The topological polar surface area (TPSA) is 69.4 Å². The Hall–Kier alpha value is -1.23. The fourth-order valence-electron chi connectivity index (χ4n) is 1.16. The maximum absolute atomic E-state index is 11.3. The molecule has 0 aliphatic heterocycles. The molecule has 0 aliphatic rings. The minimum Gasteiger partial charge on any atom is -0.489 e. The number of benzene rings is 1. The lowest BCUT2D eigenvalue weighted by atomic mass is 10.3. The van der Waals surface area contributed by atoms with Crippen LogP contribution in [0.4, 0.5) is 5.69 Å². The Morgan fingerprint density at radius 2 is 2.06 bits per heavy atom. The van der Waals surface area contributed by atoms with E-state index < -0.39 is 9.84 Å². The number of nitrogen functional groups attached to an aromatic ring is 1. The molecule has 0 fully saturated rings. The molecule has 0 heterocycles. The van der Waals surface area contributed by atoms with Gasteiger partial charge in [-0.25, -0.2) is 8.42 Å². The van der Waals surface area contributed by atoms with E-state index in [1.54, 1.807) is 6.07 Å². The third-order valence-electron chi connectivity index (χ3n) is 2.31.